The van der Waals surface area contributed by atoms with E-state index in [0.29, 0.717) is 12.3 Å². The van der Waals surface area contributed by atoms with Gasteiger partial charge in [0.25, 0.3) is 5.91 Å². The van der Waals surface area contributed by atoms with Crippen LogP contribution in [-0.2, 0) is 0 Å². The van der Waals surface area contributed by atoms with E-state index in [2.05, 4.69) is 10.1 Å². The highest BCUT2D eigenvalue weighted by atomic mass is 19.1. The van der Waals surface area contributed by atoms with Crippen molar-refractivity contribution in [2.75, 3.05) is 33.3 Å². The van der Waals surface area contributed by atoms with Gasteiger partial charge in [0, 0.05) is 24.7 Å². The van der Waals surface area contributed by atoms with Gasteiger partial charge in [-0.1, -0.05) is 17.3 Å². The summed E-state index contributed by atoms with van der Waals surface area (Å²) in [5.41, 5.74) is 1.94. The summed E-state index contributed by atoms with van der Waals surface area (Å²) in [5.74, 6) is 0.761. The fraction of sp³-hybridized carbons (Fsp3) is 0.360. The molecule has 168 valence electrons. The molecule has 6 nitrogen and oxygen atoms in total. The second-order valence-corrected chi connectivity index (χ2v) is 8.08. The predicted octanol–water partition coefficient (Wildman–Crippen LogP) is 4.79. The van der Waals surface area contributed by atoms with E-state index in [4.69, 9.17) is 9.26 Å². The molecule has 2 heterocycles. The zero-order valence-electron chi connectivity index (χ0n) is 18.5. The van der Waals surface area contributed by atoms with Crippen LogP contribution in [0.15, 0.2) is 59.1 Å². The molecule has 1 aliphatic rings. The minimum Gasteiger partial charge on any atom is -0.497 e. The SMILES string of the molecule is COc1ccc(-c2cc(C(=O)N(CCN3CCCC3)[C@H](C)c3ccc(F)cc3)no2)cc1. The summed E-state index contributed by atoms with van der Waals surface area (Å²) in [4.78, 5) is 17.6. The molecular formula is C25H28FN3O3. The summed E-state index contributed by atoms with van der Waals surface area (Å²) in [5, 5.41) is 4.05. The summed E-state index contributed by atoms with van der Waals surface area (Å²) in [6.45, 7) is 5.42. The standard InChI is InChI=1S/C25H28FN3O3/c1-18(19-5-9-21(26)10-6-19)29(16-15-28-13-3-4-14-28)25(30)23-17-24(32-27-23)20-7-11-22(31-2)12-8-20/h5-12,17-18H,3-4,13-16H2,1-2H3/t18-/m1/s1. The third-order valence-corrected chi connectivity index (χ3v) is 6.04. The van der Waals surface area contributed by atoms with Crippen molar-refractivity contribution in [1.82, 2.24) is 15.0 Å². The third-order valence-electron chi connectivity index (χ3n) is 6.04. The molecule has 0 N–H and O–H groups in total. The summed E-state index contributed by atoms with van der Waals surface area (Å²) < 4.78 is 24.1. The van der Waals surface area contributed by atoms with Crippen molar-refractivity contribution < 1.29 is 18.4 Å². The van der Waals surface area contributed by atoms with E-state index in [0.717, 1.165) is 36.5 Å². The Balaban J connectivity index is 1.55. The largest absolute Gasteiger partial charge is 0.497 e. The first kappa shape index (κ1) is 22.0. The topological polar surface area (TPSA) is 58.8 Å². The molecule has 1 aliphatic heterocycles. The Morgan fingerprint density at radius 1 is 1.16 bits per heavy atom. The van der Waals surface area contributed by atoms with E-state index in [9.17, 15) is 9.18 Å². The molecule has 0 bridgehead atoms. The molecule has 1 saturated heterocycles. The summed E-state index contributed by atoms with van der Waals surface area (Å²) in [6.07, 6.45) is 2.38. The zero-order chi connectivity index (χ0) is 22.5. The summed E-state index contributed by atoms with van der Waals surface area (Å²) in [7, 11) is 1.61. The number of hydrogen-bond donors (Lipinski definition) is 0. The molecule has 0 spiro atoms. The maximum atomic E-state index is 13.5. The number of amides is 1. The van der Waals surface area contributed by atoms with Crippen LogP contribution in [0, 0.1) is 5.82 Å². The second kappa shape index (κ2) is 9.96. The molecule has 0 unspecified atom stereocenters. The maximum Gasteiger partial charge on any atom is 0.276 e. The Kier molecular flexibility index (Phi) is 6.85. The molecule has 1 fully saturated rings. The Bertz CT molecular complexity index is 1030. The van der Waals surface area contributed by atoms with E-state index in [1.165, 1.54) is 25.0 Å². The average Bonchev–Trinajstić information content (AvgIpc) is 3.52. The van der Waals surface area contributed by atoms with Crippen molar-refractivity contribution >= 4 is 5.91 Å². The number of aromatic nitrogens is 1. The first-order valence-electron chi connectivity index (χ1n) is 10.9. The van der Waals surface area contributed by atoms with Gasteiger partial charge in [-0.15, -0.1) is 0 Å². The molecule has 0 radical (unpaired) electrons. The Labute approximate surface area is 187 Å². The van der Waals surface area contributed by atoms with Crippen LogP contribution in [0.25, 0.3) is 11.3 Å². The minimum atomic E-state index is -0.295. The number of methoxy groups -OCH3 is 1. The van der Waals surface area contributed by atoms with Crippen molar-refractivity contribution in [2.24, 2.45) is 0 Å². The number of likely N-dealkylation sites (tertiary alicyclic amines) is 1. The van der Waals surface area contributed by atoms with Crippen LogP contribution < -0.4 is 4.74 Å². The zero-order valence-corrected chi connectivity index (χ0v) is 18.5. The molecule has 4 rings (SSSR count). The smallest absolute Gasteiger partial charge is 0.276 e. The quantitative estimate of drug-likeness (QED) is 0.507. The predicted molar refractivity (Wildman–Crippen MR) is 120 cm³/mol. The van der Waals surface area contributed by atoms with Gasteiger partial charge in [-0.05, 0) is 74.8 Å². The molecule has 3 aromatic rings. The highest BCUT2D eigenvalue weighted by Gasteiger charge is 2.27. The monoisotopic (exact) mass is 437 g/mol. The van der Waals surface area contributed by atoms with Gasteiger partial charge in [-0.3, -0.25) is 4.79 Å². The lowest BCUT2D eigenvalue weighted by Gasteiger charge is -2.30. The van der Waals surface area contributed by atoms with Gasteiger partial charge >= 0.3 is 0 Å². The fourth-order valence-electron chi connectivity index (χ4n) is 4.06. The fourth-order valence-corrected chi connectivity index (χ4v) is 4.06. The van der Waals surface area contributed by atoms with E-state index < -0.39 is 0 Å². The first-order valence-corrected chi connectivity index (χ1v) is 10.9. The molecule has 32 heavy (non-hydrogen) atoms. The lowest BCUT2D eigenvalue weighted by molar-refractivity contribution is 0.0660. The van der Waals surface area contributed by atoms with Gasteiger partial charge < -0.3 is 19.1 Å². The Hall–Kier alpha value is -3.19. The number of halogens is 1. The number of hydrogen-bond acceptors (Lipinski definition) is 5. The molecular weight excluding hydrogens is 409 g/mol. The molecule has 7 heteroatoms. The number of carbonyl (C=O) groups is 1. The highest BCUT2D eigenvalue weighted by molar-refractivity contribution is 5.93. The van der Waals surface area contributed by atoms with Crippen molar-refractivity contribution in [1.29, 1.82) is 0 Å². The van der Waals surface area contributed by atoms with Gasteiger partial charge in [0.05, 0.1) is 13.2 Å². The first-order chi connectivity index (χ1) is 15.5. The number of benzene rings is 2. The van der Waals surface area contributed by atoms with Gasteiger partial charge in [0.1, 0.15) is 11.6 Å². The summed E-state index contributed by atoms with van der Waals surface area (Å²) >= 11 is 0. The van der Waals surface area contributed by atoms with Crippen LogP contribution in [0.3, 0.4) is 0 Å². The van der Waals surface area contributed by atoms with Crippen LogP contribution in [0.2, 0.25) is 0 Å². The van der Waals surface area contributed by atoms with Gasteiger partial charge in [-0.2, -0.15) is 0 Å². The minimum absolute atomic E-state index is 0.204. The number of nitrogens with zero attached hydrogens (tertiary/aromatic N) is 3. The molecule has 0 aliphatic carbocycles. The molecule has 0 saturated carbocycles. The van der Waals surface area contributed by atoms with Crippen molar-refractivity contribution in [3.63, 3.8) is 0 Å². The lowest BCUT2D eigenvalue weighted by Crippen LogP contribution is -2.39. The average molecular weight is 438 g/mol. The van der Waals surface area contributed by atoms with E-state index in [-0.39, 0.29) is 23.5 Å². The lowest BCUT2D eigenvalue weighted by atomic mass is 10.1. The van der Waals surface area contributed by atoms with E-state index in [1.54, 1.807) is 30.2 Å². The normalized spacial score (nSPS) is 15.0. The second-order valence-electron chi connectivity index (χ2n) is 8.08. The number of rotatable bonds is 8. The van der Waals surface area contributed by atoms with Crippen LogP contribution in [0.5, 0.6) is 5.75 Å². The van der Waals surface area contributed by atoms with Gasteiger partial charge in [0.2, 0.25) is 0 Å². The van der Waals surface area contributed by atoms with Crippen LogP contribution in [0.4, 0.5) is 4.39 Å². The van der Waals surface area contributed by atoms with E-state index in [1.807, 2.05) is 31.2 Å². The van der Waals surface area contributed by atoms with Crippen molar-refractivity contribution in [3.05, 3.63) is 71.7 Å². The number of carbonyl (C=O) groups excluding carboxylic acids is 1. The van der Waals surface area contributed by atoms with Crippen LogP contribution >= 0.6 is 0 Å². The van der Waals surface area contributed by atoms with E-state index >= 15 is 0 Å². The van der Waals surface area contributed by atoms with Crippen molar-refractivity contribution in [3.8, 4) is 17.1 Å². The third kappa shape index (κ3) is 4.99. The van der Waals surface area contributed by atoms with Crippen molar-refractivity contribution in [2.45, 2.75) is 25.8 Å². The highest BCUT2D eigenvalue weighted by Crippen LogP contribution is 2.26. The van der Waals surface area contributed by atoms with Gasteiger partial charge in [-0.25, -0.2) is 4.39 Å². The maximum absolute atomic E-state index is 13.5. The summed E-state index contributed by atoms with van der Waals surface area (Å²) in [6, 6.07) is 15.1. The molecule has 1 atom stereocenters. The van der Waals surface area contributed by atoms with Gasteiger partial charge in [0.15, 0.2) is 11.5 Å². The Morgan fingerprint density at radius 3 is 2.50 bits per heavy atom. The van der Waals surface area contributed by atoms with Crippen LogP contribution in [-0.4, -0.2) is 54.2 Å². The number of ether oxygens (including phenoxy) is 1. The molecule has 1 amide bonds. The Morgan fingerprint density at radius 2 is 1.84 bits per heavy atom. The molecule has 2 aromatic carbocycles. The molecule has 1 aromatic heterocycles. The van der Waals surface area contributed by atoms with Crippen LogP contribution in [0.1, 0.15) is 41.9 Å².